The molecule has 1 atom stereocenters. The average Bonchev–Trinajstić information content (AvgIpc) is 2.86. The number of tetrazole rings is 1. The number of para-hydroxylation sites is 1. The summed E-state index contributed by atoms with van der Waals surface area (Å²) in [5.41, 5.74) is 0.968. The average molecular weight is 243 g/mol. The van der Waals surface area contributed by atoms with Gasteiger partial charge in [0.2, 0.25) is 0 Å². The van der Waals surface area contributed by atoms with Crippen molar-refractivity contribution in [3.05, 3.63) is 48.8 Å². The summed E-state index contributed by atoms with van der Waals surface area (Å²) in [6.45, 7) is 6.47. The lowest BCUT2D eigenvalue weighted by Crippen LogP contribution is -2.26. The molecule has 0 radical (unpaired) electrons. The Labute approximate surface area is 107 Å². The Bertz CT molecular complexity index is 491. The van der Waals surface area contributed by atoms with Crippen molar-refractivity contribution in [1.29, 1.82) is 0 Å². The second kappa shape index (κ2) is 6.07. The van der Waals surface area contributed by atoms with E-state index in [0.717, 1.165) is 17.9 Å². The van der Waals surface area contributed by atoms with Crippen molar-refractivity contribution in [3.8, 4) is 5.69 Å². The molecule has 0 aliphatic heterocycles. The zero-order valence-corrected chi connectivity index (χ0v) is 10.5. The van der Waals surface area contributed by atoms with Gasteiger partial charge < -0.3 is 5.32 Å². The van der Waals surface area contributed by atoms with Gasteiger partial charge in [-0.15, -0.1) is 11.7 Å². The Kier molecular flexibility index (Phi) is 4.20. The number of hydrogen-bond acceptors (Lipinski definition) is 4. The SMILES string of the molecule is C=CCC(C)NCc1nnnn1-c1ccccc1. The monoisotopic (exact) mass is 243 g/mol. The maximum atomic E-state index is 4.04. The third-order valence-electron chi connectivity index (χ3n) is 2.66. The number of nitrogens with zero attached hydrogens (tertiary/aromatic N) is 4. The summed E-state index contributed by atoms with van der Waals surface area (Å²) in [7, 11) is 0. The van der Waals surface area contributed by atoms with Gasteiger partial charge in [0.15, 0.2) is 5.82 Å². The van der Waals surface area contributed by atoms with E-state index in [2.05, 4.69) is 34.3 Å². The predicted molar refractivity (Wildman–Crippen MR) is 70.3 cm³/mol. The zero-order valence-electron chi connectivity index (χ0n) is 10.5. The number of rotatable bonds is 6. The third-order valence-corrected chi connectivity index (χ3v) is 2.66. The van der Waals surface area contributed by atoms with E-state index >= 15 is 0 Å². The van der Waals surface area contributed by atoms with Crippen LogP contribution in [-0.4, -0.2) is 26.2 Å². The van der Waals surface area contributed by atoms with Gasteiger partial charge >= 0.3 is 0 Å². The van der Waals surface area contributed by atoms with E-state index in [9.17, 15) is 0 Å². The second-order valence-electron chi connectivity index (χ2n) is 4.15. The fourth-order valence-electron chi connectivity index (χ4n) is 1.68. The minimum absolute atomic E-state index is 0.364. The molecule has 0 spiro atoms. The minimum atomic E-state index is 0.364. The Balaban J connectivity index is 2.07. The van der Waals surface area contributed by atoms with Gasteiger partial charge in [0.1, 0.15) is 0 Å². The normalized spacial score (nSPS) is 12.3. The molecule has 2 rings (SSSR count). The van der Waals surface area contributed by atoms with Crippen molar-refractivity contribution < 1.29 is 0 Å². The summed E-state index contributed by atoms with van der Waals surface area (Å²) < 4.78 is 1.74. The van der Waals surface area contributed by atoms with Crippen LogP contribution >= 0.6 is 0 Å². The molecule has 0 fully saturated rings. The van der Waals surface area contributed by atoms with Gasteiger partial charge in [-0.25, -0.2) is 0 Å². The van der Waals surface area contributed by atoms with Crippen molar-refractivity contribution in [2.75, 3.05) is 0 Å². The van der Waals surface area contributed by atoms with E-state index < -0.39 is 0 Å². The Morgan fingerprint density at radius 3 is 2.89 bits per heavy atom. The maximum absolute atomic E-state index is 4.04. The summed E-state index contributed by atoms with van der Waals surface area (Å²) >= 11 is 0. The van der Waals surface area contributed by atoms with E-state index in [0.29, 0.717) is 12.6 Å². The van der Waals surface area contributed by atoms with E-state index in [4.69, 9.17) is 0 Å². The van der Waals surface area contributed by atoms with Gasteiger partial charge in [-0.05, 0) is 35.9 Å². The van der Waals surface area contributed by atoms with Gasteiger partial charge in [0, 0.05) is 6.04 Å². The van der Waals surface area contributed by atoms with Crippen LogP contribution in [0.4, 0.5) is 0 Å². The molecule has 0 aliphatic rings. The molecule has 0 amide bonds. The Morgan fingerprint density at radius 2 is 2.17 bits per heavy atom. The van der Waals surface area contributed by atoms with E-state index in [1.54, 1.807) is 4.68 Å². The first kappa shape index (κ1) is 12.4. The number of hydrogen-bond donors (Lipinski definition) is 1. The third kappa shape index (κ3) is 3.01. The first-order chi connectivity index (χ1) is 8.81. The van der Waals surface area contributed by atoms with Gasteiger partial charge in [0.25, 0.3) is 0 Å². The largest absolute Gasteiger partial charge is 0.307 e. The van der Waals surface area contributed by atoms with Crippen molar-refractivity contribution in [1.82, 2.24) is 25.5 Å². The highest BCUT2D eigenvalue weighted by Gasteiger charge is 2.08. The van der Waals surface area contributed by atoms with Gasteiger partial charge in [0.05, 0.1) is 12.2 Å². The molecule has 0 saturated heterocycles. The van der Waals surface area contributed by atoms with E-state index in [1.165, 1.54) is 0 Å². The second-order valence-corrected chi connectivity index (χ2v) is 4.15. The Hall–Kier alpha value is -2.01. The highest BCUT2D eigenvalue weighted by atomic mass is 15.5. The fraction of sp³-hybridized carbons (Fsp3) is 0.308. The van der Waals surface area contributed by atoms with Crippen LogP contribution in [0.3, 0.4) is 0 Å². The quantitative estimate of drug-likeness (QED) is 0.785. The fourth-order valence-corrected chi connectivity index (χ4v) is 1.68. The molecule has 0 bridgehead atoms. The number of benzene rings is 1. The van der Waals surface area contributed by atoms with Crippen LogP contribution in [0, 0.1) is 0 Å². The van der Waals surface area contributed by atoms with Gasteiger partial charge in [-0.2, -0.15) is 4.68 Å². The van der Waals surface area contributed by atoms with Crippen LogP contribution in [0.15, 0.2) is 43.0 Å². The summed E-state index contributed by atoms with van der Waals surface area (Å²) in [4.78, 5) is 0. The molecule has 0 saturated carbocycles. The summed E-state index contributed by atoms with van der Waals surface area (Å²) in [5, 5.41) is 15.1. The van der Waals surface area contributed by atoms with Crippen molar-refractivity contribution in [2.24, 2.45) is 0 Å². The van der Waals surface area contributed by atoms with Crippen LogP contribution in [-0.2, 0) is 6.54 Å². The summed E-state index contributed by atoms with van der Waals surface area (Å²) in [6.07, 6.45) is 2.82. The lowest BCUT2D eigenvalue weighted by Gasteiger charge is -2.11. The Morgan fingerprint density at radius 1 is 1.39 bits per heavy atom. The molecule has 94 valence electrons. The number of aromatic nitrogens is 4. The standard InChI is InChI=1S/C13H17N5/c1-3-7-11(2)14-10-13-15-16-17-18(13)12-8-5-4-6-9-12/h3-6,8-9,11,14H,1,7,10H2,2H3. The van der Waals surface area contributed by atoms with Gasteiger partial charge in [-0.3, -0.25) is 0 Å². The molecule has 18 heavy (non-hydrogen) atoms. The molecule has 1 heterocycles. The molecule has 2 aromatic rings. The molecule has 1 aromatic heterocycles. The number of nitrogens with one attached hydrogen (secondary N) is 1. The molecule has 5 nitrogen and oxygen atoms in total. The summed E-state index contributed by atoms with van der Waals surface area (Å²) in [6, 6.07) is 10.2. The van der Waals surface area contributed by atoms with E-state index in [-0.39, 0.29) is 0 Å². The van der Waals surface area contributed by atoms with Gasteiger partial charge in [-0.1, -0.05) is 24.3 Å². The van der Waals surface area contributed by atoms with Crippen molar-refractivity contribution in [2.45, 2.75) is 25.9 Å². The summed E-state index contributed by atoms with van der Waals surface area (Å²) in [5.74, 6) is 0.803. The lowest BCUT2D eigenvalue weighted by atomic mass is 10.2. The molecule has 0 aliphatic carbocycles. The topological polar surface area (TPSA) is 55.6 Å². The van der Waals surface area contributed by atoms with Crippen LogP contribution in [0.25, 0.3) is 5.69 Å². The molecule has 1 aromatic carbocycles. The predicted octanol–water partition coefficient (Wildman–Crippen LogP) is 1.72. The first-order valence-electron chi connectivity index (χ1n) is 5.98. The molecule has 5 heteroatoms. The minimum Gasteiger partial charge on any atom is -0.307 e. The van der Waals surface area contributed by atoms with Crippen LogP contribution in [0.1, 0.15) is 19.2 Å². The smallest absolute Gasteiger partial charge is 0.170 e. The van der Waals surface area contributed by atoms with E-state index in [1.807, 2.05) is 36.4 Å². The molecular formula is C13H17N5. The van der Waals surface area contributed by atoms with Crippen LogP contribution < -0.4 is 5.32 Å². The lowest BCUT2D eigenvalue weighted by molar-refractivity contribution is 0.534. The highest BCUT2D eigenvalue weighted by Crippen LogP contribution is 2.07. The van der Waals surface area contributed by atoms with Crippen molar-refractivity contribution >= 4 is 0 Å². The van der Waals surface area contributed by atoms with Crippen molar-refractivity contribution in [3.63, 3.8) is 0 Å². The zero-order chi connectivity index (χ0) is 12.8. The molecule has 1 N–H and O–H groups in total. The highest BCUT2D eigenvalue weighted by molar-refractivity contribution is 5.30. The van der Waals surface area contributed by atoms with Crippen LogP contribution in [0.2, 0.25) is 0 Å². The molecule has 1 unspecified atom stereocenters. The maximum Gasteiger partial charge on any atom is 0.170 e. The first-order valence-corrected chi connectivity index (χ1v) is 5.98. The van der Waals surface area contributed by atoms with Crippen LogP contribution in [0.5, 0.6) is 0 Å². The molecular weight excluding hydrogens is 226 g/mol.